The highest BCUT2D eigenvalue weighted by atomic mass is 16.5. The zero-order valence-corrected chi connectivity index (χ0v) is 15.7. The average molecular weight is 346 g/mol. The number of hydrogen-bond donors (Lipinski definition) is 0. The van der Waals surface area contributed by atoms with Crippen LogP contribution in [-0.2, 0) is 16.8 Å². The zero-order chi connectivity index (χ0) is 17.6. The van der Waals surface area contributed by atoms with Crippen LogP contribution in [0.3, 0.4) is 0 Å². The standard InChI is InChI=1S/C19H30N4O2/c1-19(2,3)18-20-16(21-25-18)12-22-6-8-23(9-7-22)17(24)15-11-13-4-5-14(15)10-13/h13-15H,4-12H2,1-3H3/t13-,14-,15-/m0/s1. The molecule has 0 N–H and O–H groups in total. The molecule has 0 radical (unpaired) electrons. The summed E-state index contributed by atoms with van der Waals surface area (Å²) >= 11 is 0. The van der Waals surface area contributed by atoms with Crippen molar-refractivity contribution in [2.45, 2.75) is 58.4 Å². The fraction of sp³-hybridized carbons (Fsp3) is 0.842. The van der Waals surface area contributed by atoms with Gasteiger partial charge in [-0.2, -0.15) is 4.98 Å². The molecule has 0 spiro atoms. The Morgan fingerprint density at radius 3 is 2.48 bits per heavy atom. The van der Waals surface area contributed by atoms with Crippen molar-refractivity contribution in [1.29, 1.82) is 0 Å². The molecule has 2 aliphatic carbocycles. The Kier molecular flexibility index (Phi) is 4.34. The second-order valence-corrected chi connectivity index (χ2v) is 9.15. The molecule has 1 aromatic rings. The minimum absolute atomic E-state index is 0.114. The van der Waals surface area contributed by atoms with Gasteiger partial charge in [-0.1, -0.05) is 32.3 Å². The van der Waals surface area contributed by atoms with Gasteiger partial charge in [0.25, 0.3) is 0 Å². The highest BCUT2D eigenvalue weighted by Crippen LogP contribution is 2.48. The second kappa shape index (κ2) is 6.38. The van der Waals surface area contributed by atoms with Crippen molar-refractivity contribution < 1.29 is 9.32 Å². The molecule has 3 aliphatic rings. The average Bonchev–Trinajstić information content (AvgIpc) is 3.30. The molecule has 6 nitrogen and oxygen atoms in total. The molecule has 1 aromatic heterocycles. The van der Waals surface area contributed by atoms with Crippen molar-refractivity contribution in [2.24, 2.45) is 17.8 Å². The van der Waals surface area contributed by atoms with Gasteiger partial charge in [-0.05, 0) is 31.1 Å². The fourth-order valence-electron chi connectivity index (χ4n) is 4.73. The summed E-state index contributed by atoms with van der Waals surface area (Å²) < 4.78 is 5.37. The highest BCUT2D eigenvalue weighted by molar-refractivity contribution is 5.79. The molecule has 4 rings (SSSR count). The number of hydrogen-bond acceptors (Lipinski definition) is 5. The van der Waals surface area contributed by atoms with Crippen LogP contribution >= 0.6 is 0 Å². The summed E-state index contributed by atoms with van der Waals surface area (Å²) in [7, 11) is 0. The van der Waals surface area contributed by atoms with E-state index in [4.69, 9.17) is 4.52 Å². The third kappa shape index (κ3) is 3.46. The summed E-state index contributed by atoms with van der Waals surface area (Å²) in [4.78, 5) is 21.8. The molecule has 1 aliphatic heterocycles. The number of carbonyl (C=O) groups is 1. The van der Waals surface area contributed by atoms with E-state index in [2.05, 4.69) is 40.7 Å². The van der Waals surface area contributed by atoms with Crippen LogP contribution in [-0.4, -0.2) is 52.0 Å². The molecule has 0 unspecified atom stereocenters. The summed E-state index contributed by atoms with van der Waals surface area (Å²) in [6, 6.07) is 0. The number of nitrogens with zero attached hydrogens (tertiary/aromatic N) is 4. The molecular weight excluding hydrogens is 316 g/mol. The van der Waals surface area contributed by atoms with E-state index in [1.54, 1.807) is 0 Å². The molecule has 2 saturated carbocycles. The largest absolute Gasteiger partial charge is 0.340 e. The monoisotopic (exact) mass is 346 g/mol. The van der Waals surface area contributed by atoms with E-state index in [9.17, 15) is 4.79 Å². The highest BCUT2D eigenvalue weighted by Gasteiger charge is 2.44. The molecule has 138 valence electrons. The maximum Gasteiger partial charge on any atom is 0.232 e. The van der Waals surface area contributed by atoms with Gasteiger partial charge in [-0.3, -0.25) is 9.69 Å². The number of amides is 1. The van der Waals surface area contributed by atoms with Crippen LogP contribution in [0.1, 0.15) is 58.2 Å². The molecule has 2 heterocycles. The summed E-state index contributed by atoms with van der Waals surface area (Å²) in [6.07, 6.45) is 5.06. The van der Waals surface area contributed by atoms with Crippen LogP contribution in [0.2, 0.25) is 0 Å². The maximum atomic E-state index is 12.8. The van der Waals surface area contributed by atoms with Crippen LogP contribution in [0, 0.1) is 17.8 Å². The number of fused-ring (bicyclic) bond motifs is 2. The lowest BCUT2D eigenvalue weighted by Gasteiger charge is -2.36. The van der Waals surface area contributed by atoms with Crippen molar-refractivity contribution in [1.82, 2.24) is 19.9 Å². The van der Waals surface area contributed by atoms with Gasteiger partial charge in [0.05, 0.1) is 6.54 Å². The lowest BCUT2D eigenvalue weighted by molar-refractivity contribution is -0.139. The van der Waals surface area contributed by atoms with E-state index in [1.165, 1.54) is 19.3 Å². The Bertz CT molecular complexity index is 628. The summed E-state index contributed by atoms with van der Waals surface area (Å²) in [5, 5.41) is 4.11. The predicted molar refractivity (Wildman–Crippen MR) is 93.8 cm³/mol. The third-order valence-corrected chi connectivity index (χ3v) is 6.21. The lowest BCUT2D eigenvalue weighted by Crippen LogP contribution is -2.50. The van der Waals surface area contributed by atoms with Gasteiger partial charge in [0.15, 0.2) is 5.82 Å². The zero-order valence-electron chi connectivity index (χ0n) is 15.7. The summed E-state index contributed by atoms with van der Waals surface area (Å²) in [6.45, 7) is 10.4. The Morgan fingerprint density at radius 1 is 1.16 bits per heavy atom. The molecule has 1 saturated heterocycles. The number of carbonyl (C=O) groups excluding carboxylic acids is 1. The second-order valence-electron chi connectivity index (χ2n) is 9.15. The first-order valence-electron chi connectivity index (χ1n) is 9.74. The van der Waals surface area contributed by atoms with E-state index < -0.39 is 0 Å². The summed E-state index contributed by atoms with van der Waals surface area (Å²) in [5.74, 6) is 3.67. The number of rotatable bonds is 3. The molecular formula is C19H30N4O2. The van der Waals surface area contributed by atoms with Gasteiger partial charge in [-0.15, -0.1) is 0 Å². The maximum absolute atomic E-state index is 12.8. The van der Waals surface area contributed by atoms with E-state index in [0.29, 0.717) is 30.2 Å². The van der Waals surface area contributed by atoms with Crippen molar-refractivity contribution >= 4 is 5.91 Å². The minimum Gasteiger partial charge on any atom is -0.340 e. The van der Waals surface area contributed by atoms with E-state index >= 15 is 0 Å². The summed E-state index contributed by atoms with van der Waals surface area (Å²) in [5.41, 5.74) is -0.114. The Balaban J connectivity index is 1.28. The van der Waals surface area contributed by atoms with Crippen molar-refractivity contribution in [3.63, 3.8) is 0 Å². The first-order valence-corrected chi connectivity index (χ1v) is 9.74. The fourth-order valence-corrected chi connectivity index (χ4v) is 4.73. The van der Waals surface area contributed by atoms with Crippen molar-refractivity contribution in [3.05, 3.63) is 11.7 Å². The van der Waals surface area contributed by atoms with Crippen molar-refractivity contribution in [3.8, 4) is 0 Å². The van der Waals surface area contributed by atoms with Crippen LogP contribution in [0.4, 0.5) is 0 Å². The van der Waals surface area contributed by atoms with Crippen LogP contribution in [0.5, 0.6) is 0 Å². The van der Waals surface area contributed by atoms with Gasteiger partial charge in [0.2, 0.25) is 11.8 Å². The van der Waals surface area contributed by atoms with Crippen LogP contribution in [0.15, 0.2) is 4.52 Å². The lowest BCUT2D eigenvalue weighted by atomic mass is 9.87. The Hall–Kier alpha value is -1.43. The Labute approximate surface area is 149 Å². The van der Waals surface area contributed by atoms with Crippen molar-refractivity contribution in [2.75, 3.05) is 26.2 Å². The number of piperazine rings is 1. The van der Waals surface area contributed by atoms with E-state index in [0.717, 1.165) is 44.3 Å². The van der Waals surface area contributed by atoms with E-state index in [1.807, 2.05) is 0 Å². The normalized spacial score (nSPS) is 30.2. The number of aromatic nitrogens is 2. The smallest absolute Gasteiger partial charge is 0.232 e. The van der Waals surface area contributed by atoms with Gasteiger partial charge >= 0.3 is 0 Å². The topological polar surface area (TPSA) is 62.5 Å². The van der Waals surface area contributed by atoms with Gasteiger partial charge < -0.3 is 9.42 Å². The molecule has 3 fully saturated rings. The molecule has 1 amide bonds. The molecule has 0 aromatic carbocycles. The van der Waals surface area contributed by atoms with E-state index in [-0.39, 0.29) is 5.41 Å². The SMILES string of the molecule is CC(C)(C)c1nc(CN2CCN(C(=O)[C@H]3C[C@H]4CC[C@H]3C4)CC2)no1. The Morgan fingerprint density at radius 2 is 1.92 bits per heavy atom. The quantitative estimate of drug-likeness (QED) is 0.841. The first kappa shape index (κ1) is 17.0. The third-order valence-electron chi connectivity index (χ3n) is 6.21. The molecule has 25 heavy (non-hydrogen) atoms. The van der Waals surface area contributed by atoms with Crippen LogP contribution < -0.4 is 0 Å². The molecule has 2 bridgehead atoms. The van der Waals surface area contributed by atoms with Crippen LogP contribution in [0.25, 0.3) is 0 Å². The minimum atomic E-state index is -0.114. The first-order chi connectivity index (χ1) is 11.9. The van der Waals surface area contributed by atoms with Gasteiger partial charge in [-0.25, -0.2) is 0 Å². The van der Waals surface area contributed by atoms with Gasteiger partial charge in [0.1, 0.15) is 0 Å². The predicted octanol–water partition coefficient (Wildman–Crippen LogP) is 2.45. The molecule has 6 heteroatoms. The van der Waals surface area contributed by atoms with Gasteiger partial charge in [0, 0.05) is 37.5 Å². The molecule has 3 atom stereocenters.